The highest BCUT2D eigenvalue weighted by Gasteiger charge is 2.11. The summed E-state index contributed by atoms with van der Waals surface area (Å²) in [7, 11) is 0. The predicted octanol–water partition coefficient (Wildman–Crippen LogP) is 4.14. The second-order valence-electron chi connectivity index (χ2n) is 4.81. The number of rotatable bonds is 3. The highest BCUT2D eigenvalue weighted by atomic mass is 79.9. The first-order valence-electron chi connectivity index (χ1n) is 6.61. The van der Waals surface area contributed by atoms with Crippen molar-refractivity contribution < 1.29 is 9.47 Å². The Morgan fingerprint density at radius 3 is 2.65 bits per heavy atom. The fourth-order valence-electron chi connectivity index (χ4n) is 2.15. The number of fused-ring (bicyclic) bond motifs is 1. The van der Waals surface area contributed by atoms with Gasteiger partial charge in [-0.1, -0.05) is 28.1 Å². The molecule has 3 rings (SSSR count). The number of ether oxygens (including phenoxy) is 2. The molecule has 104 valence electrons. The van der Waals surface area contributed by atoms with E-state index in [9.17, 15) is 0 Å². The first kappa shape index (κ1) is 13.3. The minimum atomic E-state index is 0.611. The fraction of sp³-hybridized carbons (Fsp3) is 0.250. The maximum absolute atomic E-state index is 5.58. The van der Waals surface area contributed by atoms with Crippen LogP contribution >= 0.6 is 15.9 Å². The Morgan fingerprint density at radius 1 is 1.05 bits per heavy atom. The van der Waals surface area contributed by atoms with Gasteiger partial charge in [-0.05, 0) is 36.2 Å². The van der Waals surface area contributed by atoms with Crippen LogP contribution in [0.3, 0.4) is 0 Å². The van der Waals surface area contributed by atoms with E-state index in [0.717, 1.165) is 28.2 Å². The molecule has 1 aliphatic rings. The Balaban J connectivity index is 1.72. The second kappa shape index (κ2) is 5.75. The Labute approximate surface area is 127 Å². The van der Waals surface area contributed by atoms with Gasteiger partial charge in [0.15, 0.2) is 11.5 Å². The smallest absolute Gasteiger partial charge is 0.163 e. The van der Waals surface area contributed by atoms with Gasteiger partial charge in [0.25, 0.3) is 0 Å². The van der Waals surface area contributed by atoms with E-state index in [1.165, 1.54) is 11.1 Å². The zero-order valence-electron chi connectivity index (χ0n) is 11.3. The molecule has 0 aliphatic carbocycles. The highest BCUT2D eigenvalue weighted by molar-refractivity contribution is 9.10. The van der Waals surface area contributed by atoms with Crippen molar-refractivity contribution in [3.05, 3.63) is 52.0 Å². The van der Waals surface area contributed by atoms with Gasteiger partial charge in [0.2, 0.25) is 0 Å². The van der Waals surface area contributed by atoms with Crippen molar-refractivity contribution in [2.75, 3.05) is 18.5 Å². The number of nitrogens with one attached hydrogen (secondary N) is 1. The summed E-state index contributed by atoms with van der Waals surface area (Å²) < 4.78 is 12.2. The van der Waals surface area contributed by atoms with Crippen molar-refractivity contribution in [1.29, 1.82) is 0 Å². The summed E-state index contributed by atoms with van der Waals surface area (Å²) in [5.74, 6) is 1.63. The van der Waals surface area contributed by atoms with Crippen LogP contribution in [0.5, 0.6) is 11.5 Å². The van der Waals surface area contributed by atoms with Gasteiger partial charge in [-0.15, -0.1) is 0 Å². The molecule has 2 aromatic carbocycles. The molecule has 0 amide bonds. The van der Waals surface area contributed by atoms with Crippen molar-refractivity contribution in [1.82, 2.24) is 0 Å². The lowest BCUT2D eigenvalue weighted by Crippen LogP contribution is -2.15. The van der Waals surface area contributed by atoms with Gasteiger partial charge in [0.05, 0.1) is 0 Å². The molecule has 0 bridgehead atoms. The van der Waals surface area contributed by atoms with Crippen LogP contribution in [0.1, 0.15) is 11.1 Å². The van der Waals surface area contributed by atoms with E-state index in [4.69, 9.17) is 9.47 Å². The number of aryl methyl sites for hydroxylation is 1. The fourth-order valence-corrected chi connectivity index (χ4v) is 2.78. The summed E-state index contributed by atoms with van der Waals surface area (Å²) in [6, 6.07) is 12.3. The predicted molar refractivity (Wildman–Crippen MR) is 83.6 cm³/mol. The molecule has 4 heteroatoms. The van der Waals surface area contributed by atoms with E-state index in [-0.39, 0.29) is 0 Å². The van der Waals surface area contributed by atoms with Gasteiger partial charge in [-0.25, -0.2) is 0 Å². The molecule has 0 radical (unpaired) electrons. The minimum absolute atomic E-state index is 0.611. The van der Waals surface area contributed by atoms with Crippen LogP contribution in [-0.4, -0.2) is 13.2 Å². The second-order valence-corrected chi connectivity index (χ2v) is 5.66. The van der Waals surface area contributed by atoms with Crippen molar-refractivity contribution in [3.63, 3.8) is 0 Å². The third-order valence-electron chi connectivity index (χ3n) is 3.23. The van der Waals surface area contributed by atoms with Crippen LogP contribution in [0.4, 0.5) is 5.69 Å². The zero-order chi connectivity index (χ0) is 13.9. The van der Waals surface area contributed by atoms with Gasteiger partial charge in [0.1, 0.15) is 13.2 Å². The van der Waals surface area contributed by atoms with Crippen LogP contribution in [0.2, 0.25) is 0 Å². The van der Waals surface area contributed by atoms with E-state index in [0.29, 0.717) is 13.2 Å². The number of anilines is 1. The zero-order valence-corrected chi connectivity index (χ0v) is 12.9. The van der Waals surface area contributed by atoms with E-state index >= 15 is 0 Å². The third-order valence-corrected chi connectivity index (χ3v) is 3.97. The summed E-state index contributed by atoms with van der Waals surface area (Å²) in [6.07, 6.45) is 0. The molecule has 0 spiro atoms. The van der Waals surface area contributed by atoms with Crippen molar-refractivity contribution in [3.8, 4) is 11.5 Å². The molecule has 1 N–H and O–H groups in total. The SMILES string of the molecule is Cc1ccc(CNc2ccc3c(c2)OCCO3)c(Br)c1. The third kappa shape index (κ3) is 2.90. The number of hydrogen-bond donors (Lipinski definition) is 1. The monoisotopic (exact) mass is 333 g/mol. The highest BCUT2D eigenvalue weighted by Crippen LogP contribution is 2.32. The maximum atomic E-state index is 5.58. The first-order chi connectivity index (χ1) is 9.72. The van der Waals surface area contributed by atoms with E-state index in [2.05, 4.69) is 46.4 Å². The molecular formula is C16H16BrNO2. The van der Waals surface area contributed by atoms with E-state index in [1.54, 1.807) is 0 Å². The standard InChI is InChI=1S/C16H16BrNO2/c1-11-2-3-12(14(17)8-11)10-18-13-4-5-15-16(9-13)20-7-6-19-15/h2-5,8-9,18H,6-7,10H2,1H3. The van der Waals surface area contributed by atoms with E-state index in [1.807, 2.05) is 18.2 Å². The van der Waals surface area contributed by atoms with Gasteiger partial charge >= 0.3 is 0 Å². The average Bonchev–Trinajstić information content (AvgIpc) is 2.46. The summed E-state index contributed by atoms with van der Waals surface area (Å²) in [5, 5.41) is 3.41. The van der Waals surface area contributed by atoms with Gasteiger partial charge in [-0.3, -0.25) is 0 Å². The number of hydrogen-bond acceptors (Lipinski definition) is 3. The summed E-state index contributed by atoms with van der Waals surface area (Å²) in [4.78, 5) is 0. The topological polar surface area (TPSA) is 30.5 Å². The van der Waals surface area contributed by atoms with Gasteiger partial charge in [0, 0.05) is 22.8 Å². The maximum Gasteiger partial charge on any atom is 0.163 e. The minimum Gasteiger partial charge on any atom is -0.486 e. The van der Waals surface area contributed by atoms with E-state index < -0.39 is 0 Å². The van der Waals surface area contributed by atoms with Crippen molar-refractivity contribution in [2.24, 2.45) is 0 Å². The van der Waals surface area contributed by atoms with Crippen LogP contribution < -0.4 is 14.8 Å². The van der Waals surface area contributed by atoms with Crippen LogP contribution in [0, 0.1) is 6.92 Å². The molecule has 3 nitrogen and oxygen atoms in total. The first-order valence-corrected chi connectivity index (χ1v) is 7.40. The van der Waals surface area contributed by atoms with Crippen LogP contribution in [0.25, 0.3) is 0 Å². The van der Waals surface area contributed by atoms with Crippen LogP contribution in [0.15, 0.2) is 40.9 Å². The molecule has 0 aromatic heterocycles. The Bertz CT molecular complexity index is 628. The summed E-state index contributed by atoms with van der Waals surface area (Å²) >= 11 is 3.60. The molecule has 0 fully saturated rings. The molecule has 20 heavy (non-hydrogen) atoms. The molecule has 0 atom stereocenters. The number of halogens is 1. The van der Waals surface area contributed by atoms with Crippen LogP contribution in [-0.2, 0) is 6.54 Å². The summed E-state index contributed by atoms with van der Waals surface area (Å²) in [5.41, 5.74) is 3.51. The number of benzene rings is 2. The molecule has 0 unspecified atom stereocenters. The molecule has 1 aliphatic heterocycles. The Hall–Kier alpha value is -1.68. The lowest BCUT2D eigenvalue weighted by Gasteiger charge is -2.19. The molecule has 2 aromatic rings. The Morgan fingerprint density at radius 2 is 1.85 bits per heavy atom. The van der Waals surface area contributed by atoms with Crippen molar-refractivity contribution >= 4 is 21.6 Å². The largest absolute Gasteiger partial charge is 0.486 e. The lowest BCUT2D eigenvalue weighted by molar-refractivity contribution is 0.171. The molecule has 0 saturated carbocycles. The normalized spacial score (nSPS) is 13.1. The average molecular weight is 334 g/mol. The van der Waals surface area contributed by atoms with Crippen molar-refractivity contribution in [2.45, 2.75) is 13.5 Å². The molecule has 0 saturated heterocycles. The quantitative estimate of drug-likeness (QED) is 0.915. The molecule has 1 heterocycles. The summed E-state index contributed by atoms with van der Waals surface area (Å²) in [6.45, 7) is 4.08. The molecular weight excluding hydrogens is 318 g/mol. The Kier molecular flexibility index (Phi) is 3.83. The van der Waals surface area contributed by atoms with Gasteiger partial charge in [-0.2, -0.15) is 0 Å². The lowest BCUT2D eigenvalue weighted by atomic mass is 10.1. The van der Waals surface area contributed by atoms with Gasteiger partial charge < -0.3 is 14.8 Å².